The Bertz CT molecular complexity index is 700. The lowest BCUT2D eigenvalue weighted by Crippen LogP contribution is -2.45. The topological polar surface area (TPSA) is 69.7 Å². The van der Waals surface area contributed by atoms with Gasteiger partial charge in [0.1, 0.15) is 17.9 Å². The third-order valence-corrected chi connectivity index (χ3v) is 4.34. The number of halogens is 1. The molecule has 1 aliphatic heterocycles. The first-order valence-electron chi connectivity index (χ1n) is 7.96. The molecule has 4 amide bonds. The van der Waals surface area contributed by atoms with Crippen molar-refractivity contribution in [1.82, 2.24) is 15.1 Å². The van der Waals surface area contributed by atoms with Crippen LogP contribution in [0, 0.1) is 5.82 Å². The van der Waals surface area contributed by atoms with E-state index in [-0.39, 0.29) is 30.9 Å². The molecule has 2 fully saturated rings. The Balaban J connectivity index is 1.73. The molecule has 0 spiro atoms. The smallest absolute Gasteiger partial charge is 0.325 e. The molecule has 0 radical (unpaired) electrons. The van der Waals surface area contributed by atoms with Crippen molar-refractivity contribution in [2.24, 2.45) is 0 Å². The molecule has 2 aliphatic rings. The fourth-order valence-electron chi connectivity index (χ4n) is 2.80. The third kappa shape index (κ3) is 3.11. The van der Waals surface area contributed by atoms with E-state index in [1.54, 1.807) is 36.9 Å². The average Bonchev–Trinajstić information content (AvgIpc) is 3.32. The van der Waals surface area contributed by atoms with Crippen LogP contribution in [0.5, 0.6) is 0 Å². The summed E-state index contributed by atoms with van der Waals surface area (Å²) in [5.41, 5.74) is -0.580. The molecule has 24 heavy (non-hydrogen) atoms. The number of nitrogens with zero attached hydrogens (tertiary/aromatic N) is 2. The molecule has 1 aromatic carbocycles. The van der Waals surface area contributed by atoms with Crippen LogP contribution >= 0.6 is 0 Å². The van der Waals surface area contributed by atoms with Crippen LogP contribution in [-0.2, 0) is 16.1 Å². The van der Waals surface area contributed by atoms with Gasteiger partial charge in [0.15, 0.2) is 0 Å². The Kier molecular flexibility index (Phi) is 4.03. The Hall–Kier alpha value is -2.44. The molecule has 1 heterocycles. The van der Waals surface area contributed by atoms with Crippen molar-refractivity contribution in [1.29, 1.82) is 0 Å². The van der Waals surface area contributed by atoms with Crippen molar-refractivity contribution in [3.8, 4) is 0 Å². The highest BCUT2D eigenvalue weighted by atomic mass is 19.1. The molecule has 6 nitrogen and oxygen atoms in total. The summed E-state index contributed by atoms with van der Waals surface area (Å²) in [4.78, 5) is 39.2. The number of amides is 4. The number of urea groups is 1. The number of nitrogens with one attached hydrogen (secondary N) is 1. The zero-order valence-corrected chi connectivity index (χ0v) is 13.7. The summed E-state index contributed by atoms with van der Waals surface area (Å²) < 4.78 is 13.9. The summed E-state index contributed by atoms with van der Waals surface area (Å²) in [6.07, 6.45) is 1.71. The maximum absolute atomic E-state index is 13.9. The van der Waals surface area contributed by atoms with Gasteiger partial charge in [-0.2, -0.15) is 0 Å². The second-order valence-electron chi connectivity index (χ2n) is 6.79. The van der Waals surface area contributed by atoms with Crippen LogP contribution < -0.4 is 5.32 Å². The van der Waals surface area contributed by atoms with Gasteiger partial charge in [-0.3, -0.25) is 14.5 Å². The minimum atomic E-state index is -1.01. The van der Waals surface area contributed by atoms with Gasteiger partial charge >= 0.3 is 6.03 Å². The molecule has 7 heteroatoms. The second-order valence-corrected chi connectivity index (χ2v) is 6.79. The zero-order valence-electron chi connectivity index (χ0n) is 13.7. The van der Waals surface area contributed by atoms with E-state index in [1.165, 1.54) is 6.07 Å². The SMILES string of the molecule is CC1(C)NC(=O)N(CC(=O)N(Cc2ccccc2F)C2CC2)C1=O. The van der Waals surface area contributed by atoms with Crippen molar-refractivity contribution < 1.29 is 18.8 Å². The summed E-state index contributed by atoms with van der Waals surface area (Å²) in [5.74, 6) is -1.14. The first-order chi connectivity index (χ1) is 11.3. The van der Waals surface area contributed by atoms with Crippen LogP contribution in [-0.4, -0.2) is 45.8 Å². The molecule has 1 aliphatic carbocycles. The third-order valence-electron chi connectivity index (χ3n) is 4.34. The predicted molar refractivity (Wildman–Crippen MR) is 84.3 cm³/mol. The van der Waals surface area contributed by atoms with E-state index >= 15 is 0 Å². The van der Waals surface area contributed by atoms with Crippen molar-refractivity contribution in [3.63, 3.8) is 0 Å². The standard InChI is InChI=1S/C17H20FN3O3/c1-17(2)15(23)21(16(24)19-17)10-14(22)20(12-7-8-12)9-11-5-3-4-6-13(11)18/h3-6,12H,7-10H2,1-2H3,(H,19,24). The number of hydrogen-bond acceptors (Lipinski definition) is 3. The van der Waals surface area contributed by atoms with Crippen molar-refractivity contribution in [3.05, 3.63) is 35.6 Å². The number of rotatable bonds is 5. The quantitative estimate of drug-likeness (QED) is 0.833. The van der Waals surface area contributed by atoms with Gasteiger partial charge in [-0.15, -0.1) is 0 Å². The minimum absolute atomic E-state index is 0.0471. The van der Waals surface area contributed by atoms with Gasteiger partial charge in [0.2, 0.25) is 5.91 Å². The Morgan fingerprint density at radius 2 is 2.00 bits per heavy atom. The maximum Gasteiger partial charge on any atom is 0.325 e. The normalized spacial score (nSPS) is 19.4. The van der Waals surface area contributed by atoms with E-state index in [9.17, 15) is 18.8 Å². The van der Waals surface area contributed by atoms with Crippen LogP contribution in [0.25, 0.3) is 0 Å². The van der Waals surface area contributed by atoms with Crippen LogP contribution in [0.3, 0.4) is 0 Å². The number of carbonyl (C=O) groups excluding carboxylic acids is 3. The van der Waals surface area contributed by atoms with Crippen LogP contribution in [0.2, 0.25) is 0 Å². The highest BCUT2D eigenvalue weighted by Gasteiger charge is 2.46. The van der Waals surface area contributed by atoms with E-state index in [1.807, 2.05) is 0 Å². The molecule has 1 aromatic rings. The second kappa shape index (κ2) is 5.89. The molecule has 0 atom stereocenters. The van der Waals surface area contributed by atoms with Gasteiger partial charge < -0.3 is 10.2 Å². The van der Waals surface area contributed by atoms with Gasteiger partial charge in [-0.05, 0) is 32.8 Å². The monoisotopic (exact) mass is 333 g/mol. The van der Waals surface area contributed by atoms with Crippen LogP contribution in [0.15, 0.2) is 24.3 Å². The maximum atomic E-state index is 13.9. The molecule has 0 aromatic heterocycles. The average molecular weight is 333 g/mol. The summed E-state index contributed by atoms with van der Waals surface area (Å²) in [7, 11) is 0. The highest BCUT2D eigenvalue weighted by Crippen LogP contribution is 2.29. The van der Waals surface area contributed by atoms with Crippen molar-refractivity contribution >= 4 is 17.8 Å². The first-order valence-corrected chi connectivity index (χ1v) is 7.96. The summed E-state index contributed by atoms with van der Waals surface area (Å²) in [6.45, 7) is 3.01. The van der Waals surface area contributed by atoms with Crippen molar-refractivity contribution in [2.75, 3.05) is 6.54 Å². The van der Waals surface area contributed by atoms with Gasteiger partial charge in [0.25, 0.3) is 5.91 Å². The summed E-state index contributed by atoms with van der Waals surface area (Å²) >= 11 is 0. The van der Waals surface area contributed by atoms with Crippen LogP contribution in [0.4, 0.5) is 9.18 Å². The van der Waals surface area contributed by atoms with Crippen LogP contribution in [0.1, 0.15) is 32.3 Å². The van der Waals surface area contributed by atoms with Gasteiger partial charge in [-0.1, -0.05) is 18.2 Å². The minimum Gasteiger partial charge on any atom is -0.334 e. The fourth-order valence-corrected chi connectivity index (χ4v) is 2.80. The number of carbonyl (C=O) groups is 3. The molecule has 1 N–H and O–H groups in total. The van der Waals surface area contributed by atoms with E-state index in [0.717, 1.165) is 17.7 Å². The molecule has 1 saturated carbocycles. The zero-order chi connectivity index (χ0) is 17.5. The first kappa shape index (κ1) is 16.4. The molecule has 0 bridgehead atoms. The molecule has 0 unspecified atom stereocenters. The number of hydrogen-bond donors (Lipinski definition) is 1. The van der Waals surface area contributed by atoms with Gasteiger partial charge in [0.05, 0.1) is 0 Å². The summed E-state index contributed by atoms with van der Waals surface area (Å²) in [5, 5.41) is 2.55. The Morgan fingerprint density at radius 1 is 1.33 bits per heavy atom. The number of benzene rings is 1. The molecule has 1 saturated heterocycles. The van der Waals surface area contributed by atoms with Gasteiger partial charge in [0, 0.05) is 18.2 Å². The lowest BCUT2D eigenvalue weighted by molar-refractivity contribution is -0.139. The van der Waals surface area contributed by atoms with E-state index in [0.29, 0.717) is 5.56 Å². The van der Waals surface area contributed by atoms with Gasteiger partial charge in [-0.25, -0.2) is 9.18 Å². The lowest BCUT2D eigenvalue weighted by Gasteiger charge is -2.25. The van der Waals surface area contributed by atoms with E-state index in [2.05, 4.69) is 5.32 Å². The Labute approximate surface area is 139 Å². The molecule has 3 rings (SSSR count). The Morgan fingerprint density at radius 3 is 2.54 bits per heavy atom. The van der Waals surface area contributed by atoms with Crippen molar-refractivity contribution in [2.45, 2.75) is 44.8 Å². The summed E-state index contributed by atoms with van der Waals surface area (Å²) in [6, 6.07) is 5.77. The van der Waals surface area contributed by atoms with E-state index in [4.69, 9.17) is 0 Å². The van der Waals surface area contributed by atoms with E-state index < -0.39 is 17.5 Å². The number of imide groups is 1. The highest BCUT2D eigenvalue weighted by molar-refractivity contribution is 6.08. The molecular weight excluding hydrogens is 313 g/mol. The lowest BCUT2D eigenvalue weighted by atomic mass is 10.1. The fraction of sp³-hybridized carbons (Fsp3) is 0.471. The predicted octanol–water partition coefficient (Wildman–Crippen LogP) is 1.65. The molecule has 128 valence electrons. The largest absolute Gasteiger partial charge is 0.334 e. The molecular formula is C17H20FN3O3.